The van der Waals surface area contributed by atoms with Crippen molar-refractivity contribution in [2.75, 3.05) is 26.2 Å². The first-order chi connectivity index (χ1) is 12.0. The van der Waals surface area contributed by atoms with Crippen LogP contribution in [0.25, 0.3) is 0 Å². The average molecular weight is 372 g/mol. The average Bonchev–Trinajstić information content (AvgIpc) is 2.61. The summed E-state index contributed by atoms with van der Waals surface area (Å²) >= 11 is 5.70. The first-order valence-electron chi connectivity index (χ1n) is 8.35. The normalized spacial score (nSPS) is 17.2. The largest absolute Gasteiger partial charge is 0.484 e. The smallest absolute Gasteiger partial charge is 0.260 e. The standard InChI is InChI=1S/C17H23ClFN3O3/c18-14-9-13(4-5-15(14)19)25-11-17(24)22-8-2-1-3-12(22)10-21-16(23)6-7-20/h4-5,9,12H,1-3,6-8,10-11,20H2,(H,21,23). The van der Waals surface area contributed by atoms with Crippen molar-refractivity contribution in [1.82, 2.24) is 10.2 Å². The number of nitrogens with two attached hydrogens (primary N) is 1. The summed E-state index contributed by atoms with van der Waals surface area (Å²) in [6, 6.07) is 3.90. The summed E-state index contributed by atoms with van der Waals surface area (Å²) in [5.74, 6) is -0.481. The molecule has 1 aliphatic rings. The van der Waals surface area contributed by atoms with E-state index in [2.05, 4.69) is 5.32 Å². The molecule has 6 nitrogen and oxygen atoms in total. The first kappa shape index (κ1) is 19.5. The Morgan fingerprint density at radius 2 is 2.20 bits per heavy atom. The fourth-order valence-corrected chi connectivity index (χ4v) is 2.96. The van der Waals surface area contributed by atoms with Crippen LogP contribution in [0.4, 0.5) is 4.39 Å². The number of amides is 2. The molecule has 25 heavy (non-hydrogen) atoms. The molecule has 1 heterocycles. The van der Waals surface area contributed by atoms with Crippen LogP contribution in [0.5, 0.6) is 5.75 Å². The van der Waals surface area contributed by atoms with E-state index in [4.69, 9.17) is 22.1 Å². The molecule has 2 amide bonds. The molecule has 0 aliphatic carbocycles. The molecule has 1 aromatic rings. The van der Waals surface area contributed by atoms with E-state index in [0.717, 1.165) is 19.3 Å². The van der Waals surface area contributed by atoms with Gasteiger partial charge >= 0.3 is 0 Å². The van der Waals surface area contributed by atoms with Crippen molar-refractivity contribution in [1.29, 1.82) is 0 Å². The SMILES string of the molecule is NCCC(=O)NCC1CCCCN1C(=O)COc1ccc(F)c(Cl)c1. The molecule has 1 aromatic carbocycles. The molecule has 0 spiro atoms. The van der Waals surface area contributed by atoms with Crippen LogP contribution in [-0.4, -0.2) is 49.0 Å². The first-order valence-corrected chi connectivity index (χ1v) is 8.73. The Morgan fingerprint density at radius 1 is 1.40 bits per heavy atom. The summed E-state index contributed by atoms with van der Waals surface area (Å²) in [5.41, 5.74) is 5.35. The van der Waals surface area contributed by atoms with Gasteiger partial charge in [-0.25, -0.2) is 4.39 Å². The van der Waals surface area contributed by atoms with Crippen LogP contribution in [0.3, 0.4) is 0 Å². The second-order valence-electron chi connectivity index (χ2n) is 5.94. The van der Waals surface area contributed by atoms with Crippen LogP contribution >= 0.6 is 11.6 Å². The van der Waals surface area contributed by atoms with Gasteiger partial charge in [-0.15, -0.1) is 0 Å². The van der Waals surface area contributed by atoms with Crippen LogP contribution in [-0.2, 0) is 9.59 Å². The number of rotatable bonds is 7. The molecule has 0 saturated carbocycles. The zero-order valence-corrected chi connectivity index (χ0v) is 14.7. The highest BCUT2D eigenvalue weighted by atomic mass is 35.5. The number of nitrogens with zero attached hydrogens (tertiary/aromatic N) is 1. The summed E-state index contributed by atoms with van der Waals surface area (Å²) < 4.78 is 18.6. The topological polar surface area (TPSA) is 84.7 Å². The molecule has 3 N–H and O–H groups in total. The van der Waals surface area contributed by atoms with Gasteiger partial charge < -0.3 is 20.7 Å². The van der Waals surface area contributed by atoms with Crippen molar-refractivity contribution in [2.45, 2.75) is 31.7 Å². The fourth-order valence-electron chi connectivity index (χ4n) is 2.79. The Morgan fingerprint density at radius 3 is 2.92 bits per heavy atom. The van der Waals surface area contributed by atoms with Crippen molar-refractivity contribution in [3.05, 3.63) is 29.0 Å². The maximum absolute atomic E-state index is 13.1. The van der Waals surface area contributed by atoms with Crippen LogP contribution < -0.4 is 15.8 Å². The van der Waals surface area contributed by atoms with Crippen molar-refractivity contribution < 1.29 is 18.7 Å². The van der Waals surface area contributed by atoms with Crippen LogP contribution in [0, 0.1) is 5.82 Å². The van der Waals surface area contributed by atoms with Crippen molar-refractivity contribution in [3.8, 4) is 5.75 Å². The van der Waals surface area contributed by atoms with Gasteiger partial charge in [0.2, 0.25) is 5.91 Å². The molecule has 2 rings (SSSR count). The predicted molar refractivity (Wildman–Crippen MR) is 92.9 cm³/mol. The van der Waals surface area contributed by atoms with E-state index >= 15 is 0 Å². The number of hydrogen-bond acceptors (Lipinski definition) is 4. The van der Waals surface area contributed by atoms with Gasteiger partial charge in [0.05, 0.1) is 5.02 Å². The van der Waals surface area contributed by atoms with E-state index in [1.807, 2.05) is 0 Å². The number of likely N-dealkylation sites (tertiary alicyclic amines) is 1. The number of halogens is 2. The lowest BCUT2D eigenvalue weighted by molar-refractivity contribution is -0.137. The molecular weight excluding hydrogens is 349 g/mol. The Bertz CT molecular complexity index is 615. The Hall–Kier alpha value is -1.86. The van der Waals surface area contributed by atoms with Crippen LogP contribution in [0.15, 0.2) is 18.2 Å². The molecule has 1 fully saturated rings. The highest BCUT2D eigenvalue weighted by Crippen LogP contribution is 2.22. The third-order valence-corrected chi connectivity index (χ3v) is 4.40. The summed E-state index contributed by atoms with van der Waals surface area (Å²) in [6.45, 7) is 1.18. The third kappa shape index (κ3) is 5.86. The zero-order valence-electron chi connectivity index (χ0n) is 14.0. The van der Waals surface area contributed by atoms with Crippen LogP contribution in [0.1, 0.15) is 25.7 Å². The van der Waals surface area contributed by atoms with E-state index in [0.29, 0.717) is 25.4 Å². The number of hydrogen-bond donors (Lipinski definition) is 2. The lowest BCUT2D eigenvalue weighted by Crippen LogP contribution is -2.50. The third-order valence-electron chi connectivity index (χ3n) is 4.11. The van der Waals surface area contributed by atoms with Gasteiger partial charge in [-0.2, -0.15) is 0 Å². The highest BCUT2D eigenvalue weighted by molar-refractivity contribution is 6.30. The second kappa shape index (κ2) is 9.58. The Labute approximate surface area is 151 Å². The maximum atomic E-state index is 13.1. The van der Waals surface area contributed by atoms with Crippen molar-refractivity contribution >= 4 is 23.4 Å². The molecule has 1 unspecified atom stereocenters. The fraction of sp³-hybridized carbons (Fsp3) is 0.529. The number of benzene rings is 1. The van der Waals surface area contributed by atoms with Crippen molar-refractivity contribution in [2.24, 2.45) is 5.73 Å². The Kier molecular flexibility index (Phi) is 7.46. The molecule has 138 valence electrons. The summed E-state index contributed by atoms with van der Waals surface area (Å²) in [6.07, 6.45) is 3.03. The zero-order chi connectivity index (χ0) is 18.2. The quantitative estimate of drug-likeness (QED) is 0.764. The Balaban J connectivity index is 1.88. The number of carbonyl (C=O) groups excluding carboxylic acids is 2. The lowest BCUT2D eigenvalue weighted by atomic mass is 10.0. The molecular formula is C17H23ClFN3O3. The lowest BCUT2D eigenvalue weighted by Gasteiger charge is -2.35. The predicted octanol–water partition coefficient (Wildman–Crippen LogP) is 1.70. The van der Waals surface area contributed by atoms with Crippen LogP contribution in [0.2, 0.25) is 5.02 Å². The number of nitrogens with one attached hydrogen (secondary N) is 1. The molecule has 0 bridgehead atoms. The number of piperidine rings is 1. The van der Waals surface area contributed by atoms with E-state index in [-0.39, 0.29) is 35.9 Å². The van der Waals surface area contributed by atoms with Gasteiger partial charge in [-0.3, -0.25) is 9.59 Å². The van der Waals surface area contributed by atoms with E-state index in [9.17, 15) is 14.0 Å². The highest BCUT2D eigenvalue weighted by Gasteiger charge is 2.27. The number of ether oxygens (including phenoxy) is 1. The minimum Gasteiger partial charge on any atom is -0.484 e. The summed E-state index contributed by atoms with van der Waals surface area (Å²) in [4.78, 5) is 25.8. The summed E-state index contributed by atoms with van der Waals surface area (Å²) in [5, 5.41) is 2.76. The summed E-state index contributed by atoms with van der Waals surface area (Å²) in [7, 11) is 0. The monoisotopic (exact) mass is 371 g/mol. The van der Waals surface area contributed by atoms with Gasteiger partial charge in [-0.1, -0.05) is 11.6 Å². The van der Waals surface area contributed by atoms with Gasteiger partial charge in [0, 0.05) is 38.2 Å². The van der Waals surface area contributed by atoms with Gasteiger partial charge in [0.15, 0.2) is 6.61 Å². The molecule has 1 aliphatic heterocycles. The van der Waals surface area contributed by atoms with E-state index in [1.54, 1.807) is 4.90 Å². The molecule has 1 saturated heterocycles. The van der Waals surface area contributed by atoms with Crippen molar-refractivity contribution in [3.63, 3.8) is 0 Å². The number of carbonyl (C=O) groups is 2. The minimum atomic E-state index is -0.537. The van der Waals surface area contributed by atoms with Gasteiger partial charge in [0.25, 0.3) is 5.91 Å². The van der Waals surface area contributed by atoms with E-state index in [1.165, 1.54) is 18.2 Å². The van der Waals surface area contributed by atoms with Gasteiger partial charge in [-0.05, 0) is 31.4 Å². The molecule has 0 radical (unpaired) electrons. The molecule has 8 heteroatoms. The molecule has 0 aromatic heterocycles. The van der Waals surface area contributed by atoms with Gasteiger partial charge in [0.1, 0.15) is 11.6 Å². The minimum absolute atomic E-state index is 0.0524. The van der Waals surface area contributed by atoms with E-state index < -0.39 is 5.82 Å². The molecule has 1 atom stereocenters. The maximum Gasteiger partial charge on any atom is 0.260 e. The second-order valence-corrected chi connectivity index (χ2v) is 6.35.